The SMILES string of the molecule is Cc1cccc(NC(=O)CN(C[C@@H]2CCCO2)C(=O)CCc2ncc(-c3c(F)cccc3F)o2)c1C. The maximum atomic E-state index is 14.0. The van der Waals surface area contributed by atoms with E-state index in [2.05, 4.69) is 10.3 Å². The van der Waals surface area contributed by atoms with Crippen LogP contribution in [0.5, 0.6) is 0 Å². The molecule has 0 saturated carbocycles. The molecule has 4 rings (SSSR count). The number of rotatable bonds is 9. The van der Waals surface area contributed by atoms with Gasteiger partial charge >= 0.3 is 0 Å². The highest BCUT2D eigenvalue weighted by Gasteiger charge is 2.25. The van der Waals surface area contributed by atoms with Gasteiger partial charge in [0, 0.05) is 31.7 Å². The average molecular weight is 498 g/mol. The van der Waals surface area contributed by atoms with Crippen molar-refractivity contribution in [3.05, 3.63) is 71.2 Å². The number of nitrogens with one attached hydrogen (secondary N) is 1. The van der Waals surface area contributed by atoms with E-state index in [1.807, 2.05) is 32.0 Å². The summed E-state index contributed by atoms with van der Waals surface area (Å²) in [6.07, 6.45) is 2.98. The van der Waals surface area contributed by atoms with Gasteiger partial charge in [-0.3, -0.25) is 9.59 Å². The predicted molar refractivity (Wildman–Crippen MR) is 130 cm³/mol. The van der Waals surface area contributed by atoms with Crippen LogP contribution in [-0.2, 0) is 20.7 Å². The van der Waals surface area contributed by atoms with E-state index in [1.165, 1.54) is 17.2 Å². The van der Waals surface area contributed by atoms with E-state index in [0.717, 1.165) is 36.1 Å². The monoisotopic (exact) mass is 497 g/mol. The standard InChI is InChI=1S/C27H29F2N3O4/c1-17-6-3-10-22(18(17)2)31-24(33)16-32(15-19-7-5-13-35-19)26(34)12-11-25-30-14-23(36-25)27-20(28)8-4-9-21(27)29/h3-4,6,8-10,14,19H,5,7,11-13,15-16H2,1-2H3,(H,31,33)/t19-/m0/s1. The fourth-order valence-corrected chi connectivity index (χ4v) is 4.18. The van der Waals surface area contributed by atoms with Gasteiger partial charge in [-0.1, -0.05) is 18.2 Å². The summed E-state index contributed by atoms with van der Waals surface area (Å²) in [5, 5.41) is 2.89. The molecule has 190 valence electrons. The number of oxazole rings is 1. The largest absolute Gasteiger partial charge is 0.441 e. The second-order valence-electron chi connectivity index (χ2n) is 8.92. The molecule has 1 aliphatic heterocycles. The molecule has 0 aliphatic carbocycles. The van der Waals surface area contributed by atoms with Crippen LogP contribution in [0.15, 0.2) is 47.0 Å². The number of carbonyl (C=O) groups excluding carboxylic acids is 2. The lowest BCUT2D eigenvalue weighted by atomic mass is 10.1. The zero-order valence-electron chi connectivity index (χ0n) is 20.4. The Morgan fingerprint density at radius 1 is 1.14 bits per heavy atom. The second-order valence-corrected chi connectivity index (χ2v) is 8.92. The predicted octanol–water partition coefficient (Wildman–Crippen LogP) is 4.82. The number of carbonyl (C=O) groups is 2. The third-order valence-corrected chi connectivity index (χ3v) is 6.33. The first-order valence-electron chi connectivity index (χ1n) is 12.0. The Hall–Kier alpha value is -3.59. The summed E-state index contributed by atoms with van der Waals surface area (Å²) in [6, 6.07) is 9.19. The van der Waals surface area contributed by atoms with E-state index in [-0.39, 0.29) is 54.5 Å². The Morgan fingerprint density at radius 2 is 1.89 bits per heavy atom. The van der Waals surface area contributed by atoms with Crippen molar-refractivity contribution >= 4 is 17.5 Å². The molecule has 2 amide bonds. The molecule has 9 heteroatoms. The summed E-state index contributed by atoms with van der Waals surface area (Å²) in [7, 11) is 0. The summed E-state index contributed by atoms with van der Waals surface area (Å²) in [5.41, 5.74) is 2.43. The molecule has 0 bridgehead atoms. The molecule has 1 N–H and O–H groups in total. The highest BCUT2D eigenvalue weighted by atomic mass is 19.1. The quantitative estimate of drug-likeness (QED) is 0.458. The number of aryl methyl sites for hydroxylation is 2. The molecule has 1 fully saturated rings. The molecule has 3 aromatic rings. The summed E-state index contributed by atoms with van der Waals surface area (Å²) < 4.78 is 39.3. The summed E-state index contributed by atoms with van der Waals surface area (Å²) in [6.45, 7) is 4.71. The molecule has 1 atom stereocenters. The maximum Gasteiger partial charge on any atom is 0.244 e. The van der Waals surface area contributed by atoms with Gasteiger partial charge in [-0.25, -0.2) is 13.8 Å². The van der Waals surface area contributed by atoms with Crippen LogP contribution < -0.4 is 5.32 Å². The van der Waals surface area contributed by atoms with Gasteiger partial charge in [-0.05, 0) is 56.0 Å². The Morgan fingerprint density at radius 3 is 2.61 bits per heavy atom. The minimum atomic E-state index is -0.758. The lowest BCUT2D eigenvalue weighted by Gasteiger charge is -2.25. The van der Waals surface area contributed by atoms with Gasteiger partial charge in [0.1, 0.15) is 11.6 Å². The van der Waals surface area contributed by atoms with Gasteiger partial charge in [0.15, 0.2) is 11.7 Å². The lowest BCUT2D eigenvalue weighted by molar-refractivity contribution is -0.136. The Balaban J connectivity index is 1.41. The van der Waals surface area contributed by atoms with Gasteiger partial charge < -0.3 is 19.4 Å². The first-order chi connectivity index (χ1) is 17.3. The van der Waals surface area contributed by atoms with Gasteiger partial charge in [-0.15, -0.1) is 0 Å². The van der Waals surface area contributed by atoms with Crippen LogP contribution in [-0.4, -0.2) is 47.5 Å². The lowest BCUT2D eigenvalue weighted by Crippen LogP contribution is -2.42. The molecule has 2 heterocycles. The minimum Gasteiger partial charge on any atom is -0.441 e. The molecule has 1 aromatic heterocycles. The molecule has 0 spiro atoms. The van der Waals surface area contributed by atoms with E-state index >= 15 is 0 Å². The Bertz CT molecular complexity index is 1220. The Kier molecular flexibility index (Phi) is 8.10. The number of aromatic nitrogens is 1. The third-order valence-electron chi connectivity index (χ3n) is 6.33. The highest BCUT2D eigenvalue weighted by molar-refractivity contribution is 5.95. The van der Waals surface area contributed by atoms with Gasteiger partial charge in [-0.2, -0.15) is 0 Å². The summed E-state index contributed by atoms with van der Waals surface area (Å²) in [4.78, 5) is 31.5. The molecule has 1 saturated heterocycles. The molecule has 7 nitrogen and oxygen atoms in total. The van der Waals surface area contributed by atoms with Crippen molar-refractivity contribution in [2.45, 2.75) is 45.6 Å². The van der Waals surface area contributed by atoms with Crippen LogP contribution in [0, 0.1) is 25.5 Å². The normalized spacial score (nSPS) is 15.2. The number of benzene rings is 2. The van der Waals surface area contributed by atoms with Crippen molar-refractivity contribution in [3.8, 4) is 11.3 Å². The van der Waals surface area contributed by atoms with Crippen molar-refractivity contribution in [3.63, 3.8) is 0 Å². The minimum absolute atomic E-state index is 0.0170. The van der Waals surface area contributed by atoms with E-state index in [4.69, 9.17) is 9.15 Å². The third kappa shape index (κ3) is 6.15. The van der Waals surface area contributed by atoms with E-state index in [0.29, 0.717) is 18.8 Å². The molecule has 0 unspecified atom stereocenters. The fourth-order valence-electron chi connectivity index (χ4n) is 4.18. The smallest absolute Gasteiger partial charge is 0.244 e. The number of hydrogen-bond acceptors (Lipinski definition) is 5. The number of anilines is 1. The van der Waals surface area contributed by atoms with Crippen molar-refractivity contribution in [2.75, 3.05) is 25.0 Å². The zero-order chi connectivity index (χ0) is 25.7. The highest BCUT2D eigenvalue weighted by Crippen LogP contribution is 2.27. The van der Waals surface area contributed by atoms with Crippen molar-refractivity contribution < 1.29 is 27.5 Å². The molecule has 36 heavy (non-hydrogen) atoms. The Labute approximate surface area is 208 Å². The average Bonchev–Trinajstić information content (AvgIpc) is 3.52. The number of nitrogens with zero attached hydrogens (tertiary/aromatic N) is 2. The molecule has 1 aliphatic rings. The van der Waals surface area contributed by atoms with Crippen LogP contribution in [0.1, 0.15) is 36.3 Å². The van der Waals surface area contributed by atoms with Crippen LogP contribution in [0.3, 0.4) is 0 Å². The van der Waals surface area contributed by atoms with E-state index < -0.39 is 11.6 Å². The number of amides is 2. The molecular formula is C27H29F2N3O4. The number of hydrogen-bond donors (Lipinski definition) is 1. The molecule has 0 radical (unpaired) electrons. The number of halogens is 2. The second kappa shape index (κ2) is 11.4. The van der Waals surface area contributed by atoms with Crippen molar-refractivity contribution in [1.82, 2.24) is 9.88 Å². The summed E-state index contributed by atoms with van der Waals surface area (Å²) in [5.74, 6) is -1.95. The molecular weight excluding hydrogens is 468 g/mol. The summed E-state index contributed by atoms with van der Waals surface area (Å²) >= 11 is 0. The van der Waals surface area contributed by atoms with Crippen LogP contribution in [0.2, 0.25) is 0 Å². The molecule has 2 aromatic carbocycles. The van der Waals surface area contributed by atoms with E-state index in [9.17, 15) is 18.4 Å². The topological polar surface area (TPSA) is 84.7 Å². The van der Waals surface area contributed by atoms with Crippen LogP contribution in [0.4, 0.5) is 14.5 Å². The van der Waals surface area contributed by atoms with Crippen LogP contribution in [0.25, 0.3) is 11.3 Å². The van der Waals surface area contributed by atoms with Gasteiger partial charge in [0.2, 0.25) is 11.8 Å². The first kappa shape index (κ1) is 25.5. The maximum absolute atomic E-state index is 14.0. The van der Waals surface area contributed by atoms with Gasteiger partial charge in [0.05, 0.1) is 24.4 Å². The zero-order valence-corrected chi connectivity index (χ0v) is 20.4. The van der Waals surface area contributed by atoms with Crippen LogP contribution >= 0.6 is 0 Å². The van der Waals surface area contributed by atoms with E-state index in [1.54, 1.807) is 0 Å². The van der Waals surface area contributed by atoms with Gasteiger partial charge in [0.25, 0.3) is 0 Å². The first-order valence-corrected chi connectivity index (χ1v) is 12.0. The fraction of sp³-hybridized carbons (Fsp3) is 0.370. The van der Waals surface area contributed by atoms with Crippen molar-refractivity contribution in [1.29, 1.82) is 0 Å². The van der Waals surface area contributed by atoms with Crippen molar-refractivity contribution in [2.24, 2.45) is 0 Å². The number of ether oxygens (including phenoxy) is 1.